The predicted octanol–water partition coefficient (Wildman–Crippen LogP) is 0.785. The van der Waals surface area contributed by atoms with Crippen molar-refractivity contribution in [3.05, 3.63) is 41.9 Å². The zero-order valence-corrected chi connectivity index (χ0v) is 14.3. The van der Waals surface area contributed by atoms with Crippen LogP contribution in [0.3, 0.4) is 0 Å². The van der Waals surface area contributed by atoms with E-state index in [4.69, 9.17) is 4.74 Å². The van der Waals surface area contributed by atoms with E-state index < -0.39 is 0 Å². The minimum Gasteiger partial charge on any atom is -0.481 e. The van der Waals surface area contributed by atoms with Crippen LogP contribution in [0, 0.1) is 5.92 Å². The highest BCUT2D eigenvalue weighted by Gasteiger charge is 2.38. The van der Waals surface area contributed by atoms with Crippen molar-refractivity contribution in [1.82, 2.24) is 25.0 Å². The van der Waals surface area contributed by atoms with Crippen LogP contribution in [-0.4, -0.2) is 52.8 Å². The number of methoxy groups -OCH3 is 1. The number of pyridine rings is 1. The predicted molar refractivity (Wildman–Crippen MR) is 89.6 cm³/mol. The molecule has 2 aromatic rings. The van der Waals surface area contributed by atoms with E-state index in [1.54, 1.807) is 18.8 Å². The number of hydrogen-bond acceptors (Lipinski definition) is 5. The number of aromatic nitrogens is 3. The molecule has 3 rings (SSSR count). The maximum Gasteiger partial charge on any atom is 0.224 e. The Kier molecular flexibility index (Phi) is 4.80. The first-order valence-corrected chi connectivity index (χ1v) is 8.03. The molecule has 0 aromatic carbocycles. The fraction of sp³-hybridized carbons (Fsp3) is 0.471. The van der Waals surface area contributed by atoms with Gasteiger partial charge in [-0.2, -0.15) is 5.10 Å². The number of carbonyl (C=O) groups excluding carboxylic acids is 1. The number of nitrogens with zero attached hydrogens (tertiary/aromatic N) is 4. The molecule has 3 heterocycles. The minimum atomic E-state index is -0.0789. The molecular weight excluding hydrogens is 306 g/mol. The van der Waals surface area contributed by atoms with Crippen LogP contribution in [0.15, 0.2) is 30.6 Å². The maximum absolute atomic E-state index is 12.3. The molecule has 1 saturated heterocycles. The number of hydrogen-bond donors (Lipinski definition) is 1. The number of carbonyl (C=O) groups is 1. The molecule has 0 aliphatic carbocycles. The zero-order valence-electron chi connectivity index (χ0n) is 14.3. The van der Waals surface area contributed by atoms with Crippen molar-refractivity contribution in [2.24, 2.45) is 13.0 Å². The van der Waals surface area contributed by atoms with E-state index in [0.717, 1.165) is 17.8 Å². The Morgan fingerprint density at radius 2 is 2.25 bits per heavy atom. The Morgan fingerprint density at radius 3 is 2.92 bits per heavy atom. The van der Waals surface area contributed by atoms with E-state index >= 15 is 0 Å². The van der Waals surface area contributed by atoms with E-state index in [0.29, 0.717) is 19.0 Å². The summed E-state index contributed by atoms with van der Waals surface area (Å²) in [5, 5.41) is 7.04. The molecule has 2 aromatic heterocycles. The molecule has 1 N–H and O–H groups in total. The number of amides is 1. The molecule has 1 aliphatic rings. The van der Waals surface area contributed by atoms with Crippen LogP contribution in [0.2, 0.25) is 0 Å². The summed E-state index contributed by atoms with van der Waals surface area (Å²) in [5.74, 6) is 0.748. The normalized spacial score (nSPS) is 21.0. The second kappa shape index (κ2) is 7.00. The summed E-state index contributed by atoms with van der Waals surface area (Å²) in [6.07, 6.45) is 3.85. The number of rotatable bonds is 5. The van der Waals surface area contributed by atoms with Crippen LogP contribution in [0.4, 0.5) is 0 Å². The molecule has 128 valence electrons. The van der Waals surface area contributed by atoms with E-state index in [-0.39, 0.29) is 17.7 Å². The van der Waals surface area contributed by atoms with Crippen molar-refractivity contribution in [3.8, 4) is 5.88 Å². The van der Waals surface area contributed by atoms with Crippen LogP contribution < -0.4 is 10.1 Å². The maximum atomic E-state index is 12.3. The molecule has 1 aliphatic heterocycles. The summed E-state index contributed by atoms with van der Waals surface area (Å²) in [5.41, 5.74) is 2.05. The first-order chi connectivity index (χ1) is 11.6. The minimum absolute atomic E-state index is 0.0740. The van der Waals surface area contributed by atoms with Crippen LogP contribution >= 0.6 is 0 Å². The molecule has 1 fully saturated rings. The molecule has 7 heteroatoms. The molecule has 7 nitrogen and oxygen atoms in total. The highest BCUT2D eigenvalue weighted by molar-refractivity contribution is 5.80. The number of likely N-dealkylation sites (tertiary alicyclic amines) is 1. The average molecular weight is 329 g/mol. The lowest BCUT2D eigenvalue weighted by atomic mass is 9.90. The second-order valence-corrected chi connectivity index (χ2v) is 6.14. The molecule has 0 unspecified atom stereocenters. The van der Waals surface area contributed by atoms with E-state index in [1.165, 1.54) is 0 Å². The van der Waals surface area contributed by atoms with Crippen LogP contribution in [0.5, 0.6) is 5.88 Å². The largest absolute Gasteiger partial charge is 0.481 e. The quantitative estimate of drug-likeness (QED) is 0.878. The molecule has 1 amide bonds. The lowest BCUT2D eigenvalue weighted by Crippen LogP contribution is -2.32. The van der Waals surface area contributed by atoms with Gasteiger partial charge < -0.3 is 10.1 Å². The summed E-state index contributed by atoms with van der Waals surface area (Å²) in [6, 6.07) is 5.75. The van der Waals surface area contributed by atoms with Gasteiger partial charge in [-0.3, -0.25) is 14.4 Å². The monoisotopic (exact) mass is 329 g/mol. The third-order valence-electron chi connectivity index (χ3n) is 4.51. The van der Waals surface area contributed by atoms with E-state index in [2.05, 4.69) is 20.3 Å². The SMILES string of the molecule is CNC(=O)[C@H]1CN(Cc2cccc(OC)n2)C[C@@H]1c1cnn(C)c1. The summed E-state index contributed by atoms with van der Waals surface area (Å²) < 4.78 is 6.96. The lowest BCUT2D eigenvalue weighted by molar-refractivity contribution is -0.124. The zero-order chi connectivity index (χ0) is 17.1. The van der Waals surface area contributed by atoms with Crippen molar-refractivity contribution in [3.63, 3.8) is 0 Å². The molecular formula is C17H23N5O2. The van der Waals surface area contributed by atoms with E-state index in [9.17, 15) is 4.79 Å². The van der Waals surface area contributed by atoms with Gasteiger partial charge in [0.15, 0.2) is 0 Å². The van der Waals surface area contributed by atoms with Crippen molar-refractivity contribution < 1.29 is 9.53 Å². The smallest absolute Gasteiger partial charge is 0.224 e. The first-order valence-electron chi connectivity index (χ1n) is 8.03. The fourth-order valence-electron chi connectivity index (χ4n) is 3.32. The third kappa shape index (κ3) is 3.41. The number of ether oxygens (including phenoxy) is 1. The van der Waals surface area contributed by atoms with Crippen LogP contribution in [0.1, 0.15) is 17.2 Å². The molecule has 2 atom stereocenters. The first kappa shape index (κ1) is 16.4. The molecule has 0 saturated carbocycles. The van der Waals surface area contributed by atoms with Crippen LogP contribution in [-0.2, 0) is 18.4 Å². The molecule has 0 spiro atoms. The number of aryl methyl sites for hydroxylation is 1. The van der Waals surface area contributed by atoms with Gasteiger partial charge in [0, 0.05) is 51.9 Å². The van der Waals surface area contributed by atoms with Gasteiger partial charge in [-0.05, 0) is 11.6 Å². The highest BCUT2D eigenvalue weighted by Crippen LogP contribution is 2.33. The summed E-state index contributed by atoms with van der Waals surface area (Å²) >= 11 is 0. The number of nitrogens with one attached hydrogen (secondary N) is 1. The molecule has 24 heavy (non-hydrogen) atoms. The van der Waals surface area contributed by atoms with Gasteiger partial charge >= 0.3 is 0 Å². The third-order valence-corrected chi connectivity index (χ3v) is 4.51. The van der Waals surface area contributed by atoms with Gasteiger partial charge in [-0.1, -0.05) is 6.07 Å². The Morgan fingerprint density at radius 1 is 1.42 bits per heavy atom. The van der Waals surface area contributed by atoms with Gasteiger partial charge in [0.2, 0.25) is 11.8 Å². The van der Waals surface area contributed by atoms with Crippen molar-refractivity contribution in [2.45, 2.75) is 12.5 Å². The Bertz CT molecular complexity index is 715. The summed E-state index contributed by atoms with van der Waals surface area (Å²) in [6.45, 7) is 2.21. The van der Waals surface area contributed by atoms with Crippen molar-refractivity contribution in [1.29, 1.82) is 0 Å². The average Bonchev–Trinajstić information content (AvgIpc) is 3.20. The lowest BCUT2D eigenvalue weighted by Gasteiger charge is -2.15. The standard InChI is InChI=1S/C17H23N5O2/c1-18-17(23)15-11-22(9-13-5-4-6-16(20-13)24-3)10-14(15)12-7-19-21(2)8-12/h4-8,14-15H,9-11H2,1-3H3,(H,18,23)/t14-,15+/m1/s1. The molecule has 0 bridgehead atoms. The van der Waals surface area contributed by atoms with Gasteiger partial charge in [0.1, 0.15) is 0 Å². The highest BCUT2D eigenvalue weighted by atomic mass is 16.5. The Hall–Kier alpha value is -2.41. The van der Waals surface area contributed by atoms with E-state index in [1.807, 2.05) is 37.6 Å². The van der Waals surface area contributed by atoms with Crippen molar-refractivity contribution in [2.75, 3.05) is 27.2 Å². The second-order valence-electron chi connectivity index (χ2n) is 6.14. The van der Waals surface area contributed by atoms with Gasteiger partial charge in [0.05, 0.1) is 24.9 Å². The van der Waals surface area contributed by atoms with Gasteiger partial charge in [-0.15, -0.1) is 0 Å². The Balaban J connectivity index is 1.77. The molecule has 0 radical (unpaired) electrons. The Labute approximate surface area is 141 Å². The summed E-state index contributed by atoms with van der Waals surface area (Å²) in [4.78, 5) is 19.0. The van der Waals surface area contributed by atoms with Crippen molar-refractivity contribution >= 4 is 5.91 Å². The van der Waals surface area contributed by atoms with Crippen LogP contribution in [0.25, 0.3) is 0 Å². The topological polar surface area (TPSA) is 72.3 Å². The van der Waals surface area contributed by atoms with Gasteiger partial charge in [-0.25, -0.2) is 4.98 Å². The van der Waals surface area contributed by atoms with Gasteiger partial charge in [0.25, 0.3) is 0 Å². The fourth-order valence-corrected chi connectivity index (χ4v) is 3.32. The summed E-state index contributed by atoms with van der Waals surface area (Å²) in [7, 11) is 5.20.